The van der Waals surface area contributed by atoms with E-state index in [0.29, 0.717) is 21.7 Å². The van der Waals surface area contributed by atoms with Crippen molar-refractivity contribution in [3.8, 4) is 33.8 Å². The summed E-state index contributed by atoms with van der Waals surface area (Å²) < 4.78 is 86.3. The highest BCUT2D eigenvalue weighted by Crippen LogP contribution is 2.32. The summed E-state index contributed by atoms with van der Waals surface area (Å²) in [7, 11) is 2.36. The Hall–Kier alpha value is -10.9. The van der Waals surface area contributed by atoms with Crippen molar-refractivity contribution in [2.24, 2.45) is 14.1 Å². The lowest BCUT2D eigenvalue weighted by molar-refractivity contribution is -0.144. The molecule has 3 aromatic carbocycles. The molecule has 29 heteroatoms. The van der Waals surface area contributed by atoms with Crippen molar-refractivity contribution in [3.63, 3.8) is 0 Å². The number of benzene rings is 3. The van der Waals surface area contributed by atoms with E-state index in [4.69, 9.17) is 15.6 Å². The number of aromatic nitrogens is 13. The Morgan fingerprint density at radius 3 is 1.23 bits per heavy atom. The monoisotopic (exact) mass is 1220 g/mol. The number of esters is 1. The number of nitrogens with two attached hydrogens (primary N) is 1. The number of fused-ring (bicyclic) bond motifs is 3. The molecule has 23 nitrogen and oxygen atoms in total. The van der Waals surface area contributed by atoms with Crippen LogP contribution >= 0.6 is 0 Å². The van der Waals surface area contributed by atoms with Crippen LogP contribution in [-0.2, 0) is 45.6 Å². The topological polar surface area (TPSA) is 281 Å². The number of carboxylic acid groups (broad SMARTS) is 1. The molecule has 0 fully saturated rings. The lowest BCUT2D eigenvalue weighted by atomic mass is 10.1. The summed E-state index contributed by atoms with van der Waals surface area (Å²) in [6, 6.07) is 24.3. The number of halogens is 6. The molecule has 0 radical (unpaired) electrons. The van der Waals surface area contributed by atoms with Gasteiger partial charge in [0.05, 0.1) is 67.4 Å². The van der Waals surface area contributed by atoms with E-state index in [1.165, 1.54) is 14.1 Å². The number of carbonyl (C=O) groups is 3. The number of amides is 1. The van der Waals surface area contributed by atoms with Crippen molar-refractivity contribution in [2.75, 3.05) is 53.2 Å². The molecule has 7 N–H and O–H groups in total. The number of rotatable bonds is 14. The number of carboxylic acids is 1. The number of nitrogens with zero attached hydrogens (tertiary/aromatic N) is 13. The highest BCUT2D eigenvalue weighted by Gasteiger charge is 2.36. The number of carbonyl (C=O) groups excluding carboxylic acids is 2. The van der Waals surface area contributed by atoms with Gasteiger partial charge in [-0.25, -0.2) is 15.0 Å². The molecule has 0 atom stereocenters. The fraction of sp³-hybridized carbons (Fsp3) is 0.237. The van der Waals surface area contributed by atoms with Crippen LogP contribution in [0.15, 0.2) is 159 Å². The van der Waals surface area contributed by atoms with E-state index in [-0.39, 0.29) is 74.4 Å². The van der Waals surface area contributed by atoms with Crippen LogP contribution in [0.4, 0.5) is 55.0 Å². The lowest BCUT2D eigenvalue weighted by Crippen LogP contribution is -2.22. The number of nitrogen functional groups attached to an aromatic ring is 1. The van der Waals surface area contributed by atoms with Crippen molar-refractivity contribution >= 4 is 63.5 Å². The van der Waals surface area contributed by atoms with Crippen LogP contribution in [0.1, 0.15) is 55.4 Å². The van der Waals surface area contributed by atoms with E-state index in [2.05, 4.69) is 61.4 Å². The Morgan fingerprint density at radius 2 is 0.898 bits per heavy atom. The molecule has 0 saturated heterocycles. The predicted octanol–water partition coefficient (Wildman–Crippen LogP) is 11.7. The molecule has 0 unspecified atom stereocenters. The van der Waals surface area contributed by atoms with Crippen LogP contribution < -0.4 is 27.0 Å². The van der Waals surface area contributed by atoms with Crippen LogP contribution in [0.3, 0.4) is 0 Å². The van der Waals surface area contributed by atoms with E-state index >= 15 is 0 Å². The van der Waals surface area contributed by atoms with Crippen molar-refractivity contribution in [1.82, 2.24) is 62.7 Å². The van der Waals surface area contributed by atoms with E-state index in [9.17, 15) is 40.7 Å². The van der Waals surface area contributed by atoms with Crippen molar-refractivity contribution in [3.05, 3.63) is 171 Å². The number of alkyl halides is 6. The summed E-state index contributed by atoms with van der Waals surface area (Å²) in [4.78, 5) is 58.8. The number of aliphatic carboxylic acids is 1. The van der Waals surface area contributed by atoms with Gasteiger partial charge in [0, 0.05) is 97.2 Å². The van der Waals surface area contributed by atoms with Gasteiger partial charge in [0.25, 0.3) is 0 Å². The minimum Gasteiger partial charge on any atom is -0.480 e. The Morgan fingerprint density at radius 1 is 0.534 bits per heavy atom. The van der Waals surface area contributed by atoms with Gasteiger partial charge in [0.2, 0.25) is 5.91 Å². The van der Waals surface area contributed by atoms with Gasteiger partial charge in [-0.1, -0.05) is 73.5 Å². The maximum atomic E-state index is 12.8. The second-order valence-electron chi connectivity index (χ2n) is 17.5. The first-order valence-electron chi connectivity index (χ1n) is 24.7. The van der Waals surface area contributed by atoms with Gasteiger partial charge in [-0.05, 0) is 43.3 Å². The maximum Gasteiger partial charge on any atom is 0.433 e. The molecular formula is C59H70F6N18O5. The molecule has 0 spiro atoms. The Bertz CT molecular complexity index is 3970. The van der Waals surface area contributed by atoms with Crippen LogP contribution in [0, 0.1) is 0 Å². The average molecular weight is 1230 g/mol. The van der Waals surface area contributed by atoms with Crippen LogP contribution in [0.2, 0.25) is 0 Å². The Balaban J connectivity index is 0.000000315. The zero-order valence-corrected chi connectivity index (χ0v) is 44.1. The number of hydrogen-bond acceptors (Lipinski definition) is 16. The Kier molecular flexibility index (Phi) is 25.9. The molecule has 8 heterocycles. The smallest absolute Gasteiger partial charge is 0.433 e. The molecule has 88 heavy (non-hydrogen) atoms. The van der Waals surface area contributed by atoms with E-state index in [1.54, 1.807) is 68.6 Å². The number of imidazole rings is 3. The first-order chi connectivity index (χ1) is 39.7. The maximum absolute atomic E-state index is 12.8. The molecule has 8 aromatic heterocycles. The summed E-state index contributed by atoms with van der Waals surface area (Å²) in [5.41, 5.74) is 13.7. The highest BCUT2D eigenvalue weighted by atomic mass is 19.4. The van der Waals surface area contributed by atoms with Gasteiger partial charge in [-0.2, -0.15) is 36.5 Å². The van der Waals surface area contributed by atoms with Gasteiger partial charge in [0.1, 0.15) is 30.3 Å². The lowest BCUT2D eigenvalue weighted by Gasteiger charge is -2.07. The minimum absolute atomic E-state index is 0. The van der Waals surface area contributed by atoms with Crippen LogP contribution in [0.5, 0.6) is 0 Å². The highest BCUT2D eigenvalue weighted by molar-refractivity contribution is 5.93. The van der Waals surface area contributed by atoms with Gasteiger partial charge < -0.3 is 36.8 Å². The van der Waals surface area contributed by atoms with Crippen LogP contribution in [-0.4, -0.2) is 112 Å². The van der Waals surface area contributed by atoms with Crippen LogP contribution in [0.25, 0.3) is 50.7 Å². The quantitative estimate of drug-likeness (QED) is 0.0436. The number of aryl methyl sites for hydroxylation is 2. The largest absolute Gasteiger partial charge is 0.480 e. The molecule has 1 amide bonds. The third-order valence-corrected chi connectivity index (χ3v) is 11.8. The summed E-state index contributed by atoms with van der Waals surface area (Å²) in [6.07, 6.45) is 12.2. The predicted molar refractivity (Wildman–Crippen MR) is 328 cm³/mol. The number of anilines is 5. The molecule has 0 bridgehead atoms. The first kappa shape index (κ1) is 71.4. The zero-order chi connectivity index (χ0) is 59.3. The molecule has 11 aromatic rings. The summed E-state index contributed by atoms with van der Waals surface area (Å²) in [6.45, 7) is 2.12. The standard InChI is InChI=1S/C19H16F3N7O.C16H16N4O2.C14H12N4O2.C5H6F3N3.5CH4/c1-28-15(19(20,21)22)8-16(27-28)26-18(30)11-24-13-4-2-12(3-5-13)14-9-25-17-10-23-6-7-29(14)17;1-2-22-16(21)11-18-13-5-3-12(4-6-13)14-9-19-15-10-17-7-8-20(14)15;19-14(20)9-16-11-3-1-10(2-4-11)12-7-17-13-8-15-5-6-18(12)13;1-11-3(5(6,7)8)2-4(9)10-11;;;;;/h2-10,24H,11H2,1H3,(H,26,27,30);3-10,18H,2,11H2,1H3;1-8,16H,9H2,(H,19,20);2H,1H3,(H2,9,10);5*1H4. The third kappa shape index (κ3) is 18.6. The number of ether oxygens (including phenoxy) is 1. The molecule has 0 saturated carbocycles. The van der Waals surface area contributed by atoms with Gasteiger partial charge in [-0.15, -0.1) is 0 Å². The third-order valence-electron chi connectivity index (χ3n) is 11.8. The van der Waals surface area contributed by atoms with Gasteiger partial charge >= 0.3 is 24.3 Å². The van der Waals surface area contributed by atoms with E-state index in [1.807, 2.05) is 98.7 Å². The number of hydrogen-bond donors (Lipinski definition) is 6. The first-order valence-corrected chi connectivity index (χ1v) is 24.7. The van der Waals surface area contributed by atoms with Crippen molar-refractivity contribution in [2.45, 2.75) is 56.4 Å². The zero-order valence-electron chi connectivity index (χ0n) is 44.1. The Labute approximate surface area is 503 Å². The van der Waals surface area contributed by atoms with E-state index in [0.717, 1.165) is 74.2 Å². The summed E-state index contributed by atoms with van der Waals surface area (Å²) >= 11 is 0. The molecule has 0 aliphatic heterocycles. The van der Waals surface area contributed by atoms with Gasteiger partial charge in [0.15, 0.2) is 22.8 Å². The van der Waals surface area contributed by atoms with Crippen molar-refractivity contribution < 1.29 is 50.6 Å². The fourth-order valence-electron chi connectivity index (χ4n) is 7.93. The minimum atomic E-state index is -4.54. The van der Waals surface area contributed by atoms with Crippen molar-refractivity contribution in [1.29, 1.82) is 0 Å². The molecule has 468 valence electrons. The second-order valence-corrected chi connectivity index (χ2v) is 17.5. The molecule has 11 rings (SSSR count). The molecular weight excluding hydrogens is 1150 g/mol. The molecule has 0 aliphatic carbocycles. The fourth-order valence-corrected chi connectivity index (χ4v) is 7.93. The summed E-state index contributed by atoms with van der Waals surface area (Å²) in [5.74, 6) is -1.95. The van der Waals surface area contributed by atoms with E-state index < -0.39 is 35.6 Å². The average Bonchev–Trinajstić information content (AvgIpc) is 1.97. The normalized spacial score (nSPS) is 10.5. The molecule has 0 aliphatic rings. The second kappa shape index (κ2) is 31.9. The summed E-state index contributed by atoms with van der Waals surface area (Å²) in [5, 5.41) is 26.8. The van der Waals surface area contributed by atoms with Gasteiger partial charge in [-0.3, -0.25) is 51.9 Å². The number of nitrogens with one attached hydrogen (secondary N) is 4. The SMILES string of the molecule is C.C.C.C.C.CCOC(=O)CNc1ccc(-c2cnc3cnccn23)cc1.Cn1nc(N)cc1C(F)(F)F.Cn1nc(NC(=O)CNc2ccc(-c3cnc4cnccn34)cc2)cc1C(F)(F)F.O=C(O)CNc1ccc(-c2cnc3cnccn23)cc1.